The first-order valence-corrected chi connectivity index (χ1v) is 4.21. The molecule has 2 nitrogen and oxygen atoms in total. The maximum absolute atomic E-state index is 5.57. The molecular weight excluding hydrogens is 156 g/mol. The number of thiol groups is 1. The van der Waals surface area contributed by atoms with Gasteiger partial charge in [0, 0.05) is 7.05 Å². The Bertz CT molecular complexity index is 201. The molecule has 1 aromatic carbocycles. The fraction of sp³-hybridized carbons (Fsp3) is 0.250. The highest BCUT2D eigenvalue weighted by Crippen LogP contribution is 2.14. The van der Waals surface area contributed by atoms with Crippen LogP contribution < -0.4 is 11.1 Å². The van der Waals surface area contributed by atoms with Gasteiger partial charge in [0.1, 0.15) is 0 Å². The molecule has 1 aromatic rings. The van der Waals surface area contributed by atoms with Gasteiger partial charge in [-0.1, -0.05) is 12.1 Å². The molecule has 0 spiro atoms. The van der Waals surface area contributed by atoms with Crippen molar-refractivity contribution in [2.24, 2.45) is 0 Å². The van der Waals surface area contributed by atoms with Crippen molar-refractivity contribution in [3.05, 3.63) is 24.3 Å². The highest BCUT2D eigenvalue weighted by Gasteiger charge is 1.89. The lowest BCUT2D eigenvalue weighted by molar-refractivity contribution is 1.51. The van der Waals surface area contributed by atoms with Crippen LogP contribution in [0.2, 0.25) is 0 Å². The summed E-state index contributed by atoms with van der Waals surface area (Å²) >= 11 is 3.53. The van der Waals surface area contributed by atoms with Crippen LogP contribution in [-0.2, 0) is 0 Å². The van der Waals surface area contributed by atoms with Crippen LogP contribution in [0.1, 0.15) is 0 Å². The molecule has 0 bridgehead atoms. The Morgan fingerprint density at radius 2 is 1.82 bits per heavy atom. The van der Waals surface area contributed by atoms with Crippen molar-refractivity contribution in [1.82, 2.24) is 0 Å². The fourth-order valence-corrected chi connectivity index (χ4v) is 0.725. The Morgan fingerprint density at radius 3 is 2.18 bits per heavy atom. The minimum absolute atomic E-state index is 0.792. The van der Waals surface area contributed by atoms with E-state index >= 15 is 0 Å². The molecule has 0 aliphatic rings. The maximum Gasteiger partial charge on any atom is 0.0571 e. The number of rotatable bonds is 1. The number of nitrogen functional groups attached to an aromatic ring is 1. The Balaban J connectivity index is 0.000000461. The number of anilines is 2. The number of hydrogen-bond acceptors (Lipinski definition) is 3. The summed E-state index contributed by atoms with van der Waals surface area (Å²) in [7, 11) is 1.85. The number of nitrogens with one attached hydrogen (secondary N) is 1. The first-order valence-electron chi connectivity index (χ1n) is 3.31. The number of para-hydroxylation sites is 2. The lowest BCUT2D eigenvalue weighted by Crippen LogP contribution is -1.93. The molecule has 3 N–H and O–H groups in total. The molecule has 0 aliphatic carbocycles. The Morgan fingerprint density at radius 1 is 1.27 bits per heavy atom. The fourth-order valence-electron chi connectivity index (χ4n) is 0.725. The van der Waals surface area contributed by atoms with Gasteiger partial charge in [0.15, 0.2) is 0 Å². The standard InChI is InChI=1S/C7H10N2.CH4S/c1-9-7-5-3-2-4-6(7)8;1-2/h2-5,9H,8H2,1H3;2H,1H3. The predicted molar refractivity (Wildman–Crippen MR) is 55.3 cm³/mol. The van der Waals surface area contributed by atoms with E-state index in [1.807, 2.05) is 31.3 Å². The van der Waals surface area contributed by atoms with Crippen molar-refractivity contribution in [1.29, 1.82) is 0 Å². The van der Waals surface area contributed by atoms with Crippen LogP contribution in [0, 0.1) is 0 Å². The van der Waals surface area contributed by atoms with E-state index in [0.717, 1.165) is 11.4 Å². The molecule has 1 rings (SSSR count). The van der Waals surface area contributed by atoms with Crippen LogP contribution in [0.4, 0.5) is 11.4 Å². The van der Waals surface area contributed by atoms with Crippen LogP contribution in [0.5, 0.6) is 0 Å². The van der Waals surface area contributed by atoms with Gasteiger partial charge >= 0.3 is 0 Å². The topological polar surface area (TPSA) is 38.0 Å². The van der Waals surface area contributed by atoms with Crippen LogP contribution in [0.25, 0.3) is 0 Å². The average molecular weight is 170 g/mol. The minimum atomic E-state index is 0.792. The zero-order valence-electron chi connectivity index (χ0n) is 6.83. The van der Waals surface area contributed by atoms with Crippen molar-refractivity contribution < 1.29 is 0 Å². The SMILES string of the molecule is CNc1ccccc1N.CS. The molecule has 0 saturated carbocycles. The van der Waals surface area contributed by atoms with Crippen molar-refractivity contribution in [2.75, 3.05) is 24.4 Å². The third-order valence-corrected chi connectivity index (χ3v) is 1.23. The summed E-state index contributed by atoms with van der Waals surface area (Å²) in [5.74, 6) is 0. The van der Waals surface area contributed by atoms with Gasteiger partial charge in [-0.25, -0.2) is 0 Å². The highest BCUT2D eigenvalue weighted by atomic mass is 32.1. The summed E-state index contributed by atoms with van der Waals surface area (Å²) in [4.78, 5) is 0. The monoisotopic (exact) mass is 170 g/mol. The second kappa shape index (κ2) is 5.92. The van der Waals surface area contributed by atoms with Crippen LogP contribution in [0.3, 0.4) is 0 Å². The Kier molecular flexibility index (Phi) is 5.47. The van der Waals surface area contributed by atoms with Crippen molar-refractivity contribution in [3.8, 4) is 0 Å². The van der Waals surface area contributed by atoms with Gasteiger partial charge < -0.3 is 11.1 Å². The third-order valence-electron chi connectivity index (χ3n) is 1.23. The quantitative estimate of drug-likeness (QED) is 0.444. The van der Waals surface area contributed by atoms with Gasteiger partial charge in [-0.3, -0.25) is 0 Å². The zero-order valence-corrected chi connectivity index (χ0v) is 7.73. The number of nitrogens with two attached hydrogens (primary N) is 1. The first kappa shape index (κ1) is 10.2. The summed E-state index contributed by atoms with van der Waals surface area (Å²) in [6.07, 6.45) is 1.69. The highest BCUT2D eigenvalue weighted by molar-refractivity contribution is 7.79. The maximum atomic E-state index is 5.57. The molecule has 0 atom stereocenters. The molecule has 0 radical (unpaired) electrons. The molecule has 0 amide bonds. The zero-order chi connectivity index (χ0) is 8.69. The lowest BCUT2D eigenvalue weighted by atomic mass is 10.3. The normalized spacial score (nSPS) is 7.91. The average Bonchev–Trinajstić information content (AvgIpc) is 2.09. The lowest BCUT2D eigenvalue weighted by Gasteiger charge is -2.01. The minimum Gasteiger partial charge on any atom is -0.397 e. The van der Waals surface area contributed by atoms with E-state index in [1.54, 1.807) is 6.26 Å². The van der Waals surface area contributed by atoms with Crippen molar-refractivity contribution in [2.45, 2.75) is 0 Å². The van der Waals surface area contributed by atoms with Gasteiger partial charge in [-0.05, 0) is 18.4 Å². The van der Waals surface area contributed by atoms with Gasteiger partial charge in [0.2, 0.25) is 0 Å². The van der Waals surface area contributed by atoms with Crippen molar-refractivity contribution >= 4 is 24.0 Å². The van der Waals surface area contributed by atoms with Crippen LogP contribution in [0.15, 0.2) is 24.3 Å². The Labute approximate surface area is 73.2 Å². The van der Waals surface area contributed by atoms with Gasteiger partial charge in [0.05, 0.1) is 11.4 Å². The van der Waals surface area contributed by atoms with E-state index in [2.05, 4.69) is 17.9 Å². The predicted octanol–water partition coefficient (Wildman–Crippen LogP) is 1.86. The second-order valence-electron chi connectivity index (χ2n) is 1.84. The number of benzene rings is 1. The molecule has 0 fully saturated rings. The van der Waals surface area contributed by atoms with Gasteiger partial charge in [-0.15, -0.1) is 0 Å². The van der Waals surface area contributed by atoms with E-state index in [0.29, 0.717) is 0 Å². The summed E-state index contributed by atoms with van der Waals surface area (Å²) in [6.45, 7) is 0. The number of hydrogen-bond donors (Lipinski definition) is 3. The Hall–Kier alpha value is -0.830. The molecule has 3 heteroatoms. The summed E-state index contributed by atoms with van der Waals surface area (Å²) < 4.78 is 0. The van der Waals surface area contributed by atoms with E-state index in [1.165, 1.54) is 0 Å². The molecule has 11 heavy (non-hydrogen) atoms. The van der Waals surface area contributed by atoms with E-state index in [4.69, 9.17) is 5.73 Å². The molecular formula is C8H14N2S. The summed E-state index contributed by atoms with van der Waals surface area (Å²) in [6, 6.07) is 7.67. The summed E-state index contributed by atoms with van der Waals surface area (Å²) in [5, 5.41) is 2.97. The first-order chi connectivity index (χ1) is 5.34. The second-order valence-corrected chi connectivity index (χ2v) is 1.84. The van der Waals surface area contributed by atoms with E-state index in [9.17, 15) is 0 Å². The molecule has 0 unspecified atom stereocenters. The molecule has 0 aliphatic heterocycles. The van der Waals surface area contributed by atoms with E-state index in [-0.39, 0.29) is 0 Å². The van der Waals surface area contributed by atoms with Crippen LogP contribution >= 0.6 is 12.6 Å². The van der Waals surface area contributed by atoms with E-state index < -0.39 is 0 Å². The molecule has 0 heterocycles. The molecule has 62 valence electrons. The smallest absolute Gasteiger partial charge is 0.0571 e. The van der Waals surface area contributed by atoms with Crippen LogP contribution in [-0.4, -0.2) is 13.3 Å². The van der Waals surface area contributed by atoms with Crippen molar-refractivity contribution in [3.63, 3.8) is 0 Å². The summed E-state index contributed by atoms with van der Waals surface area (Å²) in [5.41, 5.74) is 7.34. The largest absolute Gasteiger partial charge is 0.397 e. The van der Waals surface area contributed by atoms with Gasteiger partial charge in [0.25, 0.3) is 0 Å². The third kappa shape index (κ3) is 3.18. The molecule has 0 aromatic heterocycles. The van der Waals surface area contributed by atoms with Gasteiger partial charge in [-0.2, -0.15) is 12.6 Å². The molecule has 0 saturated heterocycles.